The van der Waals surface area contributed by atoms with Crippen LogP contribution in [0.25, 0.3) is 0 Å². The Kier molecular flexibility index (Phi) is 6.43. The van der Waals surface area contributed by atoms with Gasteiger partial charge in [-0.05, 0) is 49.5 Å². The van der Waals surface area contributed by atoms with Crippen molar-refractivity contribution in [2.24, 2.45) is 0 Å². The van der Waals surface area contributed by atoms with Crippen LogP contribution in [0.3, 0.4) is 0 Å². The monoisotopic (exact) mass is 302 g/mol. The first-order chi connectivity index (χ1) is 10.2. The molecule has 0 saturated heterocycles. The average molecular weight is 302 g/mol. The van der Waals surface area contributed by atoms with Crippen LogP contribution in [0.1, 0.15) is 29.9 Å². The van der Waals surface area contributed by atoms with E-state index >= 15 is 0 Å². The minimum Gasteiger partial charge on any atom is -0.313 e. The van der Waals surface area contributed by atoms with Crippen LogP contribution in [0.4, 0.5) is 0 Å². The maximum atomic E-state index is 3.39. The van der Waals surface area contributed by atoms with Crippen molar-refractivity contribution in [1.29, 1.82) is 0 Å². The fourth-order valence-electron chi connectivity index (χ4n) is 2.43. The fraction of sp³-hybridized carbons (Fsp3) is 0.444. The predicted molar refractivity (Wildman–Crippen MR) is 92.8 cm³/mol. The molecule has 0 spiro atoms. The SMILES string of the molecule is CCNCc1cccc(CN(C)C(C)Cc2cccs2)c1. The molecule has 0 aliphatic rings. The second kappa shape index (κ2) is 8.32. The van der Waals surface area contributed by atoms with Crippen LogP contribution < -0.4 is 5.32 Å². The molecule has 0 fully saturated rings. The Bertz CT molecular complexity index is 522. The van der Waals surface area contributed by atoms with Gasteiger partial charge in [0, 0.05) is 24.0 Å². The zero-order chi connectivity index (χ0) is 15.1. The summed E-state index contributed by atoms with van der Waals surface area (Å²) in [5.74, 6) is 0. The van der Waals surface area contributed by atoms with E-state index in [0.29, 0.717) is 6.04 Å². The van der Waals surface area contributed by atoms with Crippen molar-refractivity contribution < 1.29 is 0 Å². The van der Waals surface area contributed by atoms with Crippen LogP contribution in [0.15, 0.2) is 41.8 Å². The minimum atomic E-state index is 0.557. The summed E-state index contributed by atoms with van der Waals surface area (Å²) in [7, 11) is 2.22. The maximum absolute atomic E-state index is 3.39. The molecule has 2 aromatic rings. The quantitative estimate of drug-likeness (QED) is 0.795. The van der Waals surface area contributed by atoms with Gasteiger partial charge in [0.05, 0.1) is 0 Å². The van der Waals surface area contributed by atoms with Gasteiger partial charge in [-0.1, -0.05) is 37.3 Å². The molecule has 114 valence electrons. The summed E-state index contributed by atoms with van der Waals surface area (Å²) in [6.45, 7) is 7.43. The molecule has 0 radical (unpaired) electrons. The van der Waals surface area contributed by atoms with Gasteiger partial charge in [-0.2, -0.15) is 0 Å². The fourth-order valence-corrected chi connectivity index (χ4v) is 3.25. The van der Waals surface area contributed by atoms with E-state index in [0.717, 1.165) is 26.1 Å². The normalized spacial score (nSPS) is 12.8. The Morgan fingerprint density at radius 3 is 2.71 bits per heavy atom. The lowest BCUT2D eigenvalue weighted by molar-refractivity contribution is 0.249. The smallest absolute Gasteiger partial charge is 0.0233 e. The number of nitrogens with one attached hydrogen (secondary N) is 1. The van der Waals surface area contributed by atoms with Crippen molar-refractivity contribution in [2.75, 3.05) is 13.6 Å². The largest absolute Gasteiger partial charge is 0.313 e. The molecule has 0 aliphatic carbocycles. The van der Waals surface area contributed by atoms with Crippen molar-refractivity contribution in [3.8, 4) is 0 Å². The molecule has 3 heteroatoms. The molecular weight excluding hydrogens is 276 g/mol. The third-order valence-corrected chi connectivity index (χ3v) is 4.73. The maximum Gasteiger partial charge on any atom is 0.0233 e. The number of hydrogen-bond donors (Lipinski definition) is 1. The molecule has 0 aliphatic heterocycles. The van der Waals surface area contributed by atoms with Crippen molar-refractivity contribution >= 4 is 11.3 Å². The number of hydrogen-bond acceptors (Lipinski definition) is 3. The molecule has 1 aromatic carbocycles. The molecule has 0 amide bonds. The van der Waals surface area contributed by atoms with Crippen LogP contribution in [0, 0.1) is 0 Å². The molecular formula is C18H26N2S. The van der Waals surface area contributed by atoms with E-state index in [1.54, 1.807) is 0 Å². The molecule has 1 N–H and O–H groups in total. The lowest BCUT2D eigenvalue weighted by Gasteiger charge is -2.24. The van der Waals surface area contributed by atoms with Gasteiger partial charge < -0.3 is 5.32 Å². The number of rotatable bonds is 8. The predicted octanol–water partition coefficient (Wildman–Crippen LogP) is 3.92. The molecule has 1 atom stereocenters. The Hall–Kier alpha value is -1.16. The highest BCUT2D eigenvalue weighted by atomic mass is 32.1. The molecule has 0 saturated carbocycles. The summed E-state index contributed by atoms with van der Waals surface area (Å²) in [5, 5.41) is 5.54. The Morgan fingerprint density at radius 1 is 1.19 bits per heavy atom. The van der Waals surface area contributed by atoms with Gasteiger partial charge in [0.2, 0.25) is 0 Å². The van der Waals surface area contributed by atoms with Gasteiger partial charge in [-0.3, -0.25) is 4.90 Å². The summed E-state index contributed by atoms with van der Waals surface area (Å²) in [6.07, 6.45) is 1.13. The van der Waals surface area contributed by atoms with Crippen LogP contribution in [0.5, 0.6) is 0 Å². The van der Waals surface area contributed by atoms with Gasteiger partial charge in [-0.25, -0.2) is 0 Å². The molecule has 0 bridgehead atoms. The number of benzene rings is 1. The first kappa shape index (κ1) is 16.2. The summed E-state index contributed by atoms with van der Waals surface area (Å²) in [4.78, 5) is 3.90. The lowest BCUT2D eigenvalue weighted by atomic mass is 10.1. The van der Waals surface area contributed by atoms with E-state index in [4.69, 9.17) is 0 Å². The molecule has 2 nitrogen and oxygen atoms in total. The van der Waals surface area contributed by atoms with Gasteiger partial charge in [0.1, 0.15) is 0 Å². The Labute approximate surface area is 132 Å². The second-order valence-corrected chi connectivity index (χ2v) is 6.68. The molecule has 2 rings (SSSR count). The first-order valence-corrected chi connectivity index (χ1v) is 8.58. The van der Waals surface area contributed by atoms with Crippen LogP contribution in [0.2, 0.25) is 0 Å². The molecule has 1 heterocycles. The second-order valence-electron chi connectivity index (χ2n) is 5.65. The average Bonchev–Trinajstić information content (AvgIpc) is 2.98. The number of likely N-dealkylation sites (N-methyl/N-ethyl adjacent to an activating group) is 1. The van der Waals surface area contributed by atoms with Crippen LogP contribution >= 0.6 is 11.3 Å². The first-order valence-electron chi connectivity index (χ1n) is 7.70. The molecule has 1 unspecified atom stereocenters. The van der Waals surface area contributed by atoms with Gasteiger partial charge in [0.25, 0.3) is 0 Å². The van der Waals surface area contributed by atoms with Crippen molar-refractivity contribution in [2.45, 2.75) is 39.4 Å². The number of nitrogens with zero attached hydrogens (tertiary/aromatic N) is 1. The molecule has 1 aromatic heterocycles. The summed E-state index contributed by atoms with van der Waals surface area (Å²) in [5.41, 5.74) is 2.76. The van der Waals surface area contributed by atoms with Gasteiger partial charge >= 0.3 is 0 Å². The highest BCUT2D eigenvalue weighted by molar-refractivity contribution is 7.09. The van der Waals surface area contributed by atoms with E-state index in [-0.39, 0.29) is 0 Å². The van der Waals surface area contributed by atoms with E-state index in [1.807, 2.05) is 11.3 Å². The van der Waals surface area contributed by atoms with E-state index < -0.39 is 0 Å². The van der Waals surface area contributed by atoms with Gasteiger partial charge in [0.15, 0.2) is 0 Å². The third-order valence-electron chi connectivity index (χ3n) is 3.83. The van der Waals surface area contributed by atoms with Crippen molar-refractivity contribution in [1.82, 2.24) is 10.2 Å². The highest BCUT2D eigenvalue weighted by Crippen LogP contribution is 2.15. The zero-order valence-electron chi connectivity index (χ0n) is 13.3. The Morgan fingerprint density at radius 2 is 2.00 bits per heavy atom. The summed E-state index contributed by atoms with van der Waals surface area (Å²) < 4.78 is 0. The number of thiophene rings is 1. The topological polar surface area (TPSA) is 15.3 Å². The summed E-state index contributed by atoms with van der Waals surface area (Å²) in [6, 6.07) is 13.8. The van der Waals surface area contributed by atoms with Crippen LogP contribution in [-0.2, 0) is 19.5 Å². The van der Waals surface area contributed by atoms with E-state index in [1.165, 1.54) is 16.0 Å². The zero-order valence-corrected chi connectivity index (χ0v) is 14.1. The van der Waals surface area contributed by atoms with Gasteiger partial charge in [-0.15, -0.1) is 11.3 Å². The Balaban J connectivity index is 1.90. The van der Waals surface area contributed by atoms with Crippen molar-refractivity contribution in [3.05, 3.63) is 57.8 Å². The van der Waals surface area contributed by atoms with E-state index in [2.05, 4.69) is 72.9 Å². The lowest BCUT2D eigenvalue weighted by Crippen LogP contribution is -2.30. The van der Waals surface area contributed by atoms with Crippen LogP contribution in [-0.4, -0.2) is 24.5 Å². The molecule has 21 heavy (non-hydrogen) atoms. The van der Waals surface area contributed by atoms with Crippen molar-refractivity contribution in [3.63, 3.8) is 0 Å². The highest BCUT2D eigenvalue weighted by Gasteiger charge is 2.11. The van der Waals surface area contributed by atoms with E-state index in [9.17, 15) is 0 Å². The minimum absolute atomic E-state index is 0.557. The summed E-state index contributed by atoms with van der Waals surface area (Å²) >= 11 is 1.85. The third kappa shape index (κ3) is 5.27. The standard InChI is InChI=1S/C18H26N2S/c1-4-19-13-16-7-5-8-17(12-16)14-20(3)15(2)11-18-9-6-10-21-18/h5-10,12,15,19H,4,11,13-14H2,1-3H3.